The molecular weight excluding hydrogens is 256 g/mol. The number of aromatic nitrogens is 1. The summed E-state index contributed by atoms with van der Waals surface area (Å²) in [6.07, 6.45) is 3.92. The molecule has 0 aliphatic carbocycles. The van der Waals surface area contributed by atoms with Crippen LogP contribution in [0.15, 0.2) is 24.5 Å². The highest BCUT2D eigenvalue weighted by Gasteiger charge is 2.16. The van der Waals surface area contributed by atoms with Gasteiger partial charge in [0, 0.05) is 58.0 Å². The Kier molecular flexibility index (Phi) is 5.49. The van der Waals surface area contributed by atoms with E-state index in [1.54, 1.807) is 12.4 Å². The number of carbonyl (C=O) groups is 2. The molecule has 2 amide bonds. The summed E-state index contributed by atoms with van der Waals surface area (Å²) in [7, 11) is 0. The second kappa shape index (κ2) is 7.59. The molecule has 0 bridgehead atoms. The van der Waals surface area contributed by atoms with Gasteiger partial charge in [0.1, 0.15) is 0 Å². The maximum Gasteiger partial charge on any atom is 0.223 e. The van der Waals surface area contributed by atoms with Crippen molar-refractivity contribution in [2.24, 2.45) is 0 Å². The lowest BCUT2D eigenvalue weighted by atomic mass is 10.2. The van der Waals surface area contributed by atoms with Crippen molar-refractivity contribution < 1.29 is 9.59 Å². The molecule has 6 nitrogen and oxygen atoms in total. The van der Waals surface area contributed by atoms with Gasteiger partial charge in [-0.3, -0.25) is 14.6 Å². The van der Waals surface area contributed by atoms with E-state index in [1.165, 1.54) is 0 Å². The van der Waals surface area contributed by atoms with Crippen LogP contribution in [0.5, 0.6) is 0 Å². The number of carbonyl (C=O) groups excluding carboxylic acids is 2. The Balaban J connectivity index is 1.65. The maximum atomic E-state index is 11.9. The fraction of sp³-hybridized carbons (Fsp3) is 0.500. The SMILES string of the molecule is O=C(CCC(=O)N1CCNCC1)NCc1cccnc1. The molecule has 0 unspecified atom stereocenters. The summed E-state index contributed by atoms with van der Waals surface area (Å²) in [5.74, 6) is -0.0413. The van der Waals surface area contributed by atoms with Gasteiger partial charge >= 0.3 is 0 Å². The molecule has 0 radical (unpaired) electrons. The lowest BCUT2D eigenvalue weighted by Gasteiger charge is -2.27. The molecule has 2 N–H and O–H groups in total. The zero-order chi connectivity index (χ0) is 14.2. The summed E-state index contributed by atoms with van der Waals surface area (Å²) in [5.41, 5.74) is 0.953. The van der Waals surface area contributed by atoms with Gasteiger partial charge < -0.3 is 15.5 Å². The van der Waals surface area contributed by atoms with Crippen molar-refractivity contribution in [3.63, 3.8) is 0 Å². The van der Waals surface area contributed by atoms with E-state index in [0.29, 0.717) is 6.54 Å². The van der Waals surface area contributed by atoms with E-state index in [4.69, 9.17) is 0 Å². The Labute approximate surface area is 118 Å². The number of piperazine rings is 1. The molecule has 1 aromatic heterocycles. The molecule has 0 atom stereocenters. The first-order valence-corrected chi connectivity index (χ1v) is 6.90. The van der Waals surface area contributed by atoms with Crippen molar-refractivity contribution in [1.29, 1.82) is 0 Å². The van der Waals surface area contributed by atoms with Gasteiger partial charge in [0.05, 0.1) is 0 Å². The molecule has 0 aromatic carbocycles. The van der Waals surface area contributed by atoms with E-state index >= 15 is 0 Å². The van der Waals surface area contributed by atoms with Crippen LogP contribution in [0.2, 0.25) is 0 Å². The van der Waals surface area contributed by atoms with Crippen LogP contribution in [-0.2, 0) is 16.1 Å². The molecule has 6 heteroatoms. The minimum absolute atomic E-state index is 0.0584. The predicted octanol–water partition coefficient (Wildman–Crippen LogP) is -0.0902. The van der Waals surface area contributed by atoms with Crippen LogP contribution in [0.1, 0.15) is 18.4 Å². The third kappa shape index (κ3) is 4.62. The minimum Gasteiger partial charge on any atom is -0.352 e. The molecule has 0 spiro atoms. The summed E-state index contributed by atoms with van der Waals surface area (Å²) >= 11 is 0. The molecule has 1 aromatic rings. The van der Waals surface area contributed by atoms with Crippen LogP contribution in [0.3, 0.4) is 0 Å². The van der Waals surface area contributed by atoms with Crippen LogP contribution in [0.4, 0.5) is 0 Å². The minimum atomic E-state index is -0.0997. The standard InChI is InChI=1S/C14H20N4O2/c19-13(17-11-12-2-1-5-16-10-12)3-4-14(20)18-8-6-15-7-9-18/h1-2,5,10,15H,3-4,6-9,11H2,(H,17,19). The highest BCUT2D eigenvalue weighted by molar-refractivity contribution is 5.83. The van der Waals surface area contributed by atoms with Gasteiger partial charge in [-0.25, -0.2) is 0 Å². The molecule has 108 valence electrons. The first-order valence-electron chi connectivity index (χ1n) is 6.90. The highest BCUT2D eigenvalue weighted by atomic mass is 16.2. The van der Waals surface area contributed by atoms with Crippen LogP contribution >= 0.6 is 0 Å². The van der Waals surface area contributed by atoms with E-state index in [-0.39, 0.29) is 24.7 Å². The normalized spacial score (nSPS) is 14.9. The average molecular weight is 276 g/mol. The first-order chi connectivity index (χ1) is 9.75. The van der Waals surface area contributed by atoms with Crippen LogP contribution < -0.4 is 10.6 Å². The Morgan fingerprint density at radius 2 is 2.10 bits per heavy atom. The molecule has 20 heavy (non-hydrogen) atoms. The number of hydrogen-bond donors (Lipinski definition) is 2. The number of pyridine rings is 1. The van der Waals surface area contributed by atoms with Crippen molar-refractivity contribution in [1.82, 2.24) is 20.5 Å². The summed E-state index contributed by atoms with van der Waals surface area (Å²) in [6.45, 7) is 3.58. The van der Waals surface area contributed by atoms with Crippen molar-refractivity contribution in [2.45, 2.75) is 19.4 Å². The second-order valence-corrected chi connectivity index (χ2v) is 4.77. The number of nitrogens with zero attached hydrogens (tertiary/aromatic N) is 2. The van der Waals surface area contributed by atoms with E-state index in [2.05, 4.69) is 15.6 Å². The van der Waals surface area contributed by atoms with Crippen molar-refractivity contribution in [3.8, 4) is 0 Å². The van der Waals surface area contributed by atoms with Gasteiger partial charge in [0.2, 0.25) is 11.8 Å². The maximum absolute atomic E-state index is 11.9. The summed E-state index contributed by atoms with van der Waals surface area (Å²) in [6, 6.07) is 3.73. The van der Waals surface area contributed by atoms with E-state index < -0.39 is 0 Å². The first kappa shape index (κ1) is 14.5. The quantitative estimate of drug-likeness (QED) is 0.788. The Bertz CT molecular complexity index is 444. The van der Waals surface area contributed by atoms with E-state index in [0.717, 1.165) is 31.7 Å². The Morgan fingerprint density at radius 1 is 1.30 bits per heavy atom. The lowest BCUT2D eigenvalue weighted by Crippen LogP contribution is -2.46. The van der Waals surface area contributed by atoms with Gasteiger partial charge in [0.25, 0.3) is 0 Å². The van der Waals surface area contributed by atoms with Gasteiger partial charge in [-0.15, -0.1) is 0 Å². The van der Waals surface area contributed by atoms with Crippen LogP contribution in [0, 0.1) is 0 Å². The third-order valence-corrected chi connectivity index (χ3v) is 3.25. The number of amides is 2. The molecular formula is C14H20N4O2. The number of hydrogen-bond acceptors (Lipinski definition) is 4. The molecule has 1 aliphatic heterocycles. The molecule has 2 rings (SSSR count). The fourth-order valence-corrected chi connectivity index (χ4v) is 2.08. The average Bonchev–Trinajstić information content (AvgIpc) is 2.52. The van der Waals surface area contributed by atoms with Crippen LogP contribution in [-0.4, -0.2) is 47.9 Å². The van der Waals surface area contributed by atoms with Crippen molar-refractivity contribution >= 4 is 11.8 Å². The molecule has 2 heterocycles. The zero-order valence-electron chi connectivity index (χ0n) is 11.5. The summed E-state index contributed by atoms with van der Waals surface area (Å²) in [4.78, 5) is 29.4. The molecule has 1 aliphatic rings. The summed E-state index contributed by atoms with van der Waals surface area (Å²) in [5, 5.41) is 5.99. The largest absolute Gasteiger partial charge is 0.352 e. The van der Waals surface area contributed by atoms with Gasteiger partial charge in [0.15, 0.2) is 0 Å². The number of nitrogens with one attached hydrogen (secondary N) is 2. The van der Waals surface area contributed by atoms with Crippen molar-refractivity contribution in [3.05, 3.63) is 30.1 Å². The van der Waals surface area contributed by atoms with Gasteiger partial charge in [-0.1, -0.05) is 6.07 Å². The van der Waals surface area contributed by atoms with Gasteiger partial charge in [-0.2, -0.15) is 0 Å². The zero-order valence-corrected chi connectivity index (χ0v) is 11.5. The lowest BCUT2D eigenvalue weighted by molar-refractivity contribution is -0.134. The Morgan fingerprint density at radius 3 is 2.80 bits per heavy atom. The van der Waals surface area contributed by atoms with Gasteiger partial charge in [-0.05, 0) is 11.6 Å². The third-order valence-electron chi connectivity index (χ3n) is 3.25. The predicted molar refractivity (Wildman–Crippen MR) is 74.8 cm³/mol. The second-order valence-electron chi connectivity index (χ2n) is 4.77. The Hall–Kier alpha value is -1.95. The van der Waals surface area contributed by atoms with Crippen LogP contribution in [0.25, 0.3) is 0 Å². The highest BCUT2D eigenvalue weighted by Crippen LogP contribution is 2.01. The fourth-order valence-electron chi connectivity index (χ4n) is 2.08. The molecule has 1 saturated heterocycles. The van der Waals surface area contributed by atoms with Crippen molar-refractivity contribution in [2.75, 3.05) is 26.2 Å². The van der Waals surface area contributed by atoms with E-state index in [9.17, 15) is 9.59 Å². The molecule has 0 saturated carbocycles. The smallest absolute Gasteiger partial charge is 0.223 e. The van der Waals surface area contributed by atoms with E-state index in [1.807, 2.05) is 17.0 Å². The number of rotatable bonds is 5. The molecule has 1 fully saturated rings. The summed E-state index contributed by atoms with van der Waals surface area (Å²) < 4.78 is 0. The monoisotopic (exact) mass is 276 g/mol. The topological polar surface area (TPSA) is 74.3 Å².